The third-order valence-electron chi connectivity index (χ3n) is 5.88. The van der Waals surface area contributed by atoms with Gasteiger partial charge in [0.1, 0.15) is 5.76 Å². The summed E-state index contributed by atoms with van der Waals surface area (Å²) in [5.41, 5.74) is 8.52. The van der Waals surface area contributed by atoms with Crippen LogP contribution in [0.4, 0.5) is 0 Å². The van der Waals surface area contributed by atoms with E-state index in [1.807, 2.05) is 0 Å². The molecule has 0 saturated carbocycles. The van der Waals surface area contributed by atoms with Gasteiger partial charge in [0.25, 0.3) is 0 Å². The Hall–Kier alpha value is -3.84. The van der Waals surface area contributed by atoms with E-state index in [-0.39, 0.29) is 5.92 Å². The Morgan fingerprint density at radius 2 is 0.903 bits per heavy atom. The van der Waals surface area contributed by atoms with Gasteiger partial charge >= 0.3 is 0 Å². The fourth-order valence-corrected chi connectivity index (χ4v) is 4.59. The van der Waals surface area contributed by atoms with Gasteiger partial charge in [0, 0.05) is 5.57 Å². The van der Waals surface area contributed by atoms with Crippen LogP contribution in [-0.2, 0) is 4.74 Å². The Morgan fingerprint density at radius 3 is 1.39 bits per heavy atom. The molecule has 0 saturated heterocycles. The molecule has 0 fully saturated rings. The zero-order valence-electron chi connectivity index (χ0n) is 17.5. The Bertz CT molecular complexity index is 1220. The van der Waals surface area contributed by atoms with Crippen LogP contribution < -0.4 is 0 Å². The lowest BCUT2D eigenvalue weighted by Gasteiger charge is -2.20. The number of hydrogen-bond donors (Lipinski definition) is 0. The first-order valence-electron chi connectivity index (χ1n) is 10.6. The summed E-state index contributed by atoms with van der Waals surface area (Å²) in [6.45, 7) is 0. The Kier molecular flexibility index (Phi) is 5.24. The van der Waals surface area contributed by atoms with Crippen molar-refractivity contribution in [3.8, 4) is 0 Å². The first kappa shape index (κ1) is 19.1. The quantitative estimate of drug-likeness (QED) is 0.338. The second kappa shape index (κ2) is 8.49. The van der Waals surface area contributed by atoms with Crippen LogP contribution in [0.3, 0.4) is 0 Å². The molecular weight excluding hydrogens is 376 g/mol. The molecule has 1 aliphatic carbocycles. The Balaban J connectivity index is 1.89. The van der Waals surface area contributed by atoms with Gasteiger partial charge in [-0.3, -0.25) is 0 Å². The highest BCUT2D eigenvalue weighted by Crippen LogP contribution is 2.55. The standard InChI is InChI=1S/C30H24O/c1-31-30-28(24-18-10-4-11-19-24)26(22-14-6-2-7-15-22)27(23-16-8-3-9-17-23)29(30)25-20-12-5-13-21-25/h2-21,28H,1H3. The highest BCUT2D eigenvalue weighted by molar-refractivity contribution is 6.20. The third kappa shape index (κ3) is 3.49. The van der Waals surface area contributed by atoms with Crippen LogP contribution in [0.15, 0.2) is 127 Å². The molecule has 0 heterocycles. The van der Waals surface area contributed by atoms with Crippen LogP contribution >= 0.6 is 0 Å². The number of methoxy groups -OCH3 is 1. The van der Waals surface area contributed by atoms with Crippen molar-refractivity contribution in [3.63, 3.8) is 0 Å². The van der Waals surface area contributed by atoms with Gasteiger partial charge in [-0.2, -0.15) is 0 Å². The third-order valence-corrected chi connectivity index (χ3v) is 5.88. The average Bonchev–Trinajstić information content (AvgIpc) is 3.21. The lowest BCUT2D eigenvalue weighted by Crippen LogP contribution is -2.04. The monoisotopic (exact) mass is 400 g/mol. The highest BCUT2D eigenvalue weighted by atomic mass is 16.5. The smallest absolute Gasteiger partial charge is 0.116 e. The molecule has 1 unspecified atom stereocenters. The van der Waals surface area contributed by atoms with Gasteiger partial charge < -0.3 is 4.74 Å². The van der Waals surface area contributed by atoms with Gasteiger partial charge in [0.2, 0.25) is 0 Å². The first-order chi connectivity index (χ1) is 15.4. The minimum Gasteiger partial charge on any atom is -0.499 e. The molecule has 0 amide bonds. The number of hydrogen-bond acceptors (Lipinski definition) is 1. The van der Waals surface area contributed by atoms with Crippen molar-refractivity contribution < 1.29 is 4.74 Å². The van der Waals surface area contributed by atoms with Gasteiger partial charge in [0.05, 0.1) is 13.0 Å². The maximum Gasteiger partial charge on any atom is 0.116 e. The summed E-state index contributed by atoms with van der Waals surface area (Å²) in [6.07, 6.45) is 0. The van der Waals surface area contributed by atoms with Crippen molar-refractivity contribution in [1.82, 2.24) is 0 Å². The SMILES string of the molecule is COC1=C(c2ccccc2)C(c2ccccc2)=C(c2ccccc2)C1c1ccccc1. The topological polar surface area (TPSA) is 9.23 Å². The van der Waals surface area contributed by atoms with Gasteiger partial charge in [0.15, 0.2) is 0 Å². The van der Waals surface area contributed by atoms with E-state index in [2.05, 4.69) is 121 Å². The highest BCUT2D eigenvalue weighted by Gasteiger charge is 2.37. The van der Waals surface area contributed by atoms with Crippen molar-refractivity contribution in [2.45, 2.75) is 5.92 Å². The van der Waals surface area contributed by atoms with E-state index >= 15 is 0 Å². The predicted molar refractivity (Wildman–Crippen MR) is 129 cm³/mol. The van der Waals surface area contributed by atoms with Crippen LogP contribution in [0.5, 0.6) is 0 Å². The molecule has 0 bridgehead atoms. The second-order valence-electron chi connectivity index (χ2n) is 7.67. The minimum absolute atomic E-state index is 0.0269. The molecule has 0 aromatic heterocycles. The molecule has 4 aromatic rings. The van der Waals surface area contributed by atoms with Crippen molar-refractivity contribution >= 4 is 16.7 Å². The van der Waals surface area contributed by atoms with E-state index < -0.39 is 0 Å². The zero-order chi connectivity index (χ0) is 21.0. The van der Waals surface area contributed by atoms with Crippen LogP contribution in [0.2, 0.25) is 0 Å². The summed E-state index contributed by atoms with van der Waals surface area (Å²) in [7, 11) is 1.80. The van der Waals surface area contributed by atoms with Crippen molar-refractivity contribution in [2.24, 2.45) is 0 Å². The molecular formula is C30H24O. The van der Waals surface area contributed by atoms with Gasteiger partial charge in [-0.05, 0) is 33.4 Å². The van der Waals surface area contributed by atoms with E-state index in [0.717, 1.165) is 5.76 Å². The fraction of sp³-hybridized carbons (Fsp3) is 0.0667. The summed E-state index contributed by atoms with van der Waals surface area (Å²) < 4.78 is 6.19. The van der Waals surface area contributed by atoms with E-state index in [4.69, 9.17) is 4.74 Å². The molecule has 0 aliphatic heterocycles. The molecule has 5 rings (SSSR count). The Labute approximate surface area is 184 Å². The van der Waals surface area contributed by atoms with Crippen molar-refractivity contribution in [2.75, 3.05) is 7.11 Å². The molecule has 0 radical (unpaired) electrons. The fourth-order valence-electron chi connectivity index (χ4n) is 4.59. The van der Waals surface area contributed by atoms with Crippen LogP contribution in [0.1, 0.15) is 28.2 Å². The van der Waals surface area contributed by atoms with Crippen molar-refractivity contribution in [3.05, 3.63) is 149 Å². The van der Waals surface area contributed by atoms with E-state index in [1.165, 1.54) is 39.0 Å². The average molecular weight is 401 g/mol. The van der Waals surface area contributed by atoms with Crippen LogP contribution in [0.25, 0.3) is 16.7 Å². The van der Waals surface area contributed by atoms with Crippen LogP contribution in [0, 0.1) is 0 Å². The van der Waals surface area contributed by atoms with Crippen molar-refractivity contribution in [1.29, 1.82) is 0 Å². The maximum atomic E-state index is 6.19. The second-order valence-corrected chi connectivity index (χ2v) is 7.67. The number of rotatable bonds is 5. The minimum atomic E-state index is 0.0269. The van der Waals surface area contributed by atoms with E-state index in [1.54, 1.807) is 7.11 Å². The zero-order valence-corrected chi connectivity index (χ0v) is 17.5. The van der Waals surface area contributed by atoms with Gasteiger partial charge in [-0.15, -0.1) is 0 Å². The number of allylic oxidation sites excluding steroid dienone is 3. The summed E-state index contributed by atoms with van der Waals surface area (Å²) in [4.78, 5) is 0. The molecule has 0 spiro atoms. The molecule has 1 atom stereocenters. The Morgan fingerprint density at radius 1 is 0.484 bits per heavy atom. The van der Waals surface area contributed by atoms with E-state index in [9.17, 15) is 0 Å². The summed E-state index contributed by atoms with van der Waals surface area (Å²) in [5.74, 6) is 1.02. The molecule has 1 nitrogen and oxygen atoms in total. The van der Waals surface area contributed by atoms with Gasteiger partial charge in [-0.25, -0.2) is 0 Å². The lowest BCUT2D eigenvalue weighted by molar-refractivity contribution is 0.280. The van der Waals surface area contributed by atoms with Crippen LogP contribution in [-0.4, -0.2) is 7.11 Å². The molecule has 1 aliphatic rings. The first-order valence-corrected chi connectivity index (χ1v) is 10.6. The summed E-state index contributed by atoms with van der Waals surface area (Å²) in [6, 6.07) is 42.6. The van der Waals surface area contributed by atoms with Gasteiger partial charge in [-0.1, -0.05) is 121 Å². The largest absolute Gasteiger partial charge is 0.499 e. The molecule has 31 heavy (non-hydrogen) atoms. The molecule has 1 heteroatoms. The molecule has 0 N–H and O–H groups in total. The summed E-state index contributed by atoms with van der Waals surface area (Å²) in [5, 5.41) is 0. The lowest BCUT2D eigenvalue weighted by atomic mass is 9.85. The molecule has 150 valence electrons. The molecule has 4 aromatic carbocycles. The normalized spacial score (nSPS) is 16.0. The van der Waals surface area contributed by atoms with E-state index in [0.29, 0.717) is 0 Å². The summed E-state index contributed by atoms with van der Waals surface area (Å²) >= 11 is 0. The maximum absolute atomic E-state index is 6.19. The number of benzene rings is 4. The predicted octanol–water partition coefficient (Wildman–Crippen LogP) is 7.45. The number of ether oxygens (including phenoxy) is 1.